The predicted molar refractivity (Wildman–Crippen MR) is 58.8 cm³/mol. The molecule has 0 bridgehead atoms. The number of fused-ring (bicyclic) bond motifs is 1. The Kier molecular flexibility index (Phi) is 3.64. The number of aliphatic hydroxyl groups excluding tert-OH is 1. The van der Waals surface area contributed by atoms with E-state index in [2.05, 4.69) is 19.1 Å². The van der Waals surface area contributed by atoms with Crippen LogP contribution in [-0.4, -0.2) is 41.4 Å². The highest BCUT2D eigenvalue weighted by molar-refractivity contribution is 5.02. The smallest absolute Gasteiger partial charge is 0.162 e. The molecular formula is C12H20O4. The first-order valence-corrected chi connectivity index (χ1v) is 5.96. The van der Waals surface area contributed by atoms with Crippen molar-refractivity contribution in [3.05, 3.63) is 12.2 Å². The summed E-state index contributed by atoms with van der Waals surface area (Å²) < 4.78 is 10.6. The molecule has 2 aliphatic heterocycles. The summed E-state index contributed by atoms with van der Waals surface area (Å²) in [7, 11) is 0. The SMILES string of the molecule is CC/C=C\CC[C@H]1OC[C@]2(O)CO[C@@H](O)[C@H]12. The van der Waals surface area contributed by atoms with Gasteiger partial charge in [-0.3, -0.25) is 0 Å². The third-order valence-corrected chi connectivity index (χ3v) is 3.40. The second-order valence-electron chi connectivity index (χ2n) is 4.64. The largest absolute Gasteiger partial charge is 0.384 e. The molecule has 2 heterocycles. The van der Waals surface area contributed by atoms with Gasteiger partial charge in [0.1, 0.15) is 5.60 Å². The van der Waals surface area contributed by atoms with Crippen LogP contribution in [-0.2, 0) is 9.47 Å². The van der Waals surface area contributed by atoms with E-state index in [9.17, 15) is 10.2 Å². The Hall–Kier alpha value is -0.420. The van der Waals surface area contributed by atoms with Gasteiger partial charge in [-0.25, -0.2) is 0 Å². The van der Waals surface area contributed by atoms with Crippen molar-refractivity contribution in [2.45, 2.75) is 44.2 Å². The lowest BCUT2D eigenvalue weighted by molar-refractivity contribution is -0.109. The van der Waals surface area contributed by atoms with E-state index < -0.39 is 11.9 Å². The Morgan fingerprint density at radius 1 is 1.31 bits per heavy atom. The molecule has 92 valence electrons. The maximum Gasteiger partial charge on any atom is 0.162 e. The number of hydrogen-bond donors (Lipinski definition) is 2. The third kappa shape index (κ3) is 2.15. The van der Waals surface area contributed by atoms with E-state index in [1.165, 1.54) is 0 Å². The summed E-state index contributed by atoms with van der Waals surface area (Å²) in [5, 5.41) is 19.8. The highest BCUT2D eigenvalue weighted by atomic mass is 16.6. The fourth-order valence-corrected chi connectivity index (χ4v) is 2.53. The van der Waals surface area contributed by atoms with Gasteiger partial charge in [0.05, 0.1) is 25.2 Å². The average Bonchev–Trinajstić information content (AvgIpc) is 2.73. The molecule has 2 fully saturated rings. The Bertz CT molecular complexity index is 266. The number of ether oxygens (including phenoxy) is 2. The first-order valence-electron chi connectivity index (χ1n) is 5.96. The van der Waals surface area contributed by atoms with Crippen molar-refractivity contribution in [2.75, 3.05) is 13.2 Å². The highest BCUT2D eigenvalue weighted by Crippen LogP contribution is 2.41. The van der Waals surface area contributed by atoms with Gasteiger partial charge in [0.25, 0.3) is 0 Å². The number of hydrogen-bond acceptors (Lipinski definition) is 4. The van der Waals surface area contributed by atoms with Crippen LogP contribution in [0, 0.1) is 5.92 Å². The quantitative estimate of drug-likeness (QED) is 0.700. The first-order chi connectivity index (χ1) is 7.67. The number of aliphatic hydroxyl groups is 2. The summed E-state index contributed by atoms with van der Waals surface area (Å²) in [6.45, 7) is 2.55. The van der Waals surface area contributed by atoms with E-state index in [1.54, 1.807) is 0 Å². The molecule has 4 heteroatoms. The minimum atomic E-state index is -0.974. The van der Waals surface area contributed by atoms with Crippen LogP contribution in [0.2, 0.25) is 0 Å². The lowest BCUT2D eigenvalue weighted by Gasteiger charge is -2.22. The molecule has 2 rings (SSSR count). The first kappa shape index (κ1) is 12.0. The molecule has 0 radical (unpaired) electrons. The zero-order valence-electron chi connectivity index (χ0n) is 9.63. The van der Waals surface area contributed by atoms with E-state index in [1.807, 2.05) is 0 Å². The molecule has 2 saturated heterocycles. The minimum Gasteiger partial charge on any atom is -0.384 e. The highest BCUT2D eigenvalue weighted by Gasteiger charge is 2.56. The van der Waals surface area contributed by atoms with Crippen molar-refractivity contribution in [1.29, 1.82) is 0 Å². The molecule has 0 aliphatic carbocycles. The lowest BCUT2D eigenvalue weighted by Crippen LogP contribution is -2.40. The van der Waals surface area contributed by atoms with Crippen LogP contribution in [0.3, 0.4) is 0 Å². The van der Waals surface area contributed by atoms with Gasteiger partial charge in [-0.05, 0) is 19.3 Å². The molecule has 0 aromatic carbocycles. The predicted octanol–water partition coefficient (Wildman–Crippen LogP) is 0.827. The molecule has 0 aromatic rings. The third-order valence-electron chi connectivity index (χ3n) is 3.40. The maximum atomic E-state index is 10.1. The van der Waals surface area contributed by atoms with Crippen molar-refractivity contribution >= 4 is 0 Å². The Morgan fingerprint density at radius 3 is 2.81 bits per heavy atom. The van der Waals surface area contributed by atoms with Crippen LogP contribution in [0.1, 0.15) is 26.2 Å². The van der Waals surface area contributed by atoms with Crippen molar-refractivity contribution < 1.29 is 19.7 Å². The molecular weight excluding hydrogens is 208 g/mol. The summed E-state index contributed by atoms with van der Waals surface area (Å²) in [6.07, 6.45) is 6.02. The van der Waals surface area contributed by atoms with Gasteiger partial charge in [-0.1, -0.05) is 19.1 Å². The van der Waals surface area contributed by atoms with Crippen LogP contribution in [0.25, 0.3) is 0 Å². The summed E-state index contributed by atoms with van der Waals surface area (Å²) in [5.74, 6) is -0.289. The van der Waals surface area contributed by atoms with Crippen LogP contribution < -0.4 is 0 Å². The van der Waals surface area contributed by atoms with Crippen molar-refractivity contribution in [1.82, 2.24) is 0 Å². The number of allylic oxidation sites excluding steroid dienone is 2. The topological polar surface area (TPSA) is 58.9 Å². The van der Waals surface area contributed by atoms with Gasteiger partial charge in [0, 0.05) is 0 Å². The van der Waals surface area contributed by atoms with Crippen LogP contribution in [0.4, 0.5) is 0 Å². The van der Waals surface area contributed by atoms with Gasteiger partial charge in [-0.15, -0.1) is 0 Å². The van der Waals surface area contributed by atoms with E-state index in [4.69, 9.17) is 9.47 Å². The molecule has 0 saturated carbocycles. The Labute approximate surface area is 95.9 Å². The van der Waals surface area contributed by atoms with Gasteiger partial charge >= 0.3 is 0 Å². The van der Waals surface area contributed by atoms with E-state index in [-0.39, 0.29) is 25.2 Å². The van der Waals surface area contributed by atoms with E-state index in [0.717, 1.165) is 19.3 Å². The van der Waals surface area contributed by atoms with E-state index >= 15 is 0 Å². The fraction of sp³-hybridized carbons (Fsp3) is 0.833. The van der Waals surface area contributed by atoms with Crippen LogP contribution in [0.15, 0.2) is 12.2 Å². The Balaban J connectivity index is 1.89. The van der Waals surface area contributed by atoms with Gasteiger partial charge in [-0.2, -0.15) is 0 Å². The zero-order valence-corrected chi connectivity index (χ0v) is 9.63. The lowest BCUT2D eigenvalue weighted by atomic mass is 9.87. The molecule has 0 aromatic heterocycles. The minimum absolute atomic E-state index is 0.0935. The van der Waals surface area contributed by atoms with Gasteiger partial charge in [0.2, 0.25) is 0 Å². The molecule has 0 amide bonds. The summed E-state index contributed by atoms with van der Waals surface area (Å²) in [6, 6.07) is 0. The second-order valence-corrected chi connectivity index (χ2v) is 4.64. The van der Waals surface area contributed by atoms with Crippen molar-refractivity contribution in [2.24, 2.45) is 5.92 Å². The van der Waals surface area contributed by atoms with Crippen molar-refractivity contribution in [3.63, 3.8) is 0 Å². The summed E-state index contributed by atoms with van der Waals surface area (Å²) >= 11 is 0. The van der Waals surface area contributed by atoms with Crippen molar-refractivity contribution in [3.8, 4) is 0 Å². The second kappa shape index (κ2) is 4.84. The molecule has 4 atom stereocenters. The summed E-state index contributed by atoms with van der Waals surface area (Å²) in [4.78, 5) is 0. The molecule has 0 spiro atoms. The molecule has 2 aliphatic rings. The number of rotatable bonds is 4. The van der Waals surface area contributed by atoms with Crippen LogP contribution >= 0.6 is 0 Å². The standard InChI is InChI=1S/C12H20O4/c1-2-3-4-5-6-9-10-11(13)16-8-12(10,14)7-15-9/h3-4,9-11,13-14H,2,5-8H2,1H3/b4-3-/t9-,10+,11-,12+/m1/s1. The Morgan fingerprint density at radius 2 is 2.06 bits per heavy atom. The van der Waals surface area contributed by atoms with Gasteiger partial charge in [0.15, 0.2) is 6.29 Å². The molecule has 0 unspecified atom stereocenters. The fourth-order valence-electron chi connectivity index (χ4n) is 2.53. The molecule has 2 N–H and O–H groups in total. The van der Waals surface area contributed by atoms with E-state index in [0.29, 0.717) is 0 Å². The van der Waals surface area contributed by atoms with Gasteiger partial charge < -0.3 is 19.7 Å². The maximum absolute atomic E-state index is 10.1. The molecule has 4 nitrogen and oxygen atoms in total. The monoisotopic (exact) mass is 228 g/mol. The average molecular weight is 228 g/mol. The zero-order chi connectivity index (χ0) is 11.6. The van der Waals surface area contributed by atoms with Crippen LogP contribution in [0.5, 0.6) is 0 Å². The normalized spacial score (nSPS) is 43.1. The molecule has 16 heavy (non-hydrogen) atoms. The summed E-state index contributed by atoms with van der Waals surface area (Å²) in [5.41, 5.74) is -0.974.